The molecule has 4 heterocycles. The number of nitrogens with one attached hydrogen (secondary N) is 3. The van der Waals surface area contributed by atoms with Crippen LogP contribution in [0, 0.1) is 11.2 Å². The Morgan fingerprint density at radius 1 is 0.815 bits per heavy atom. The summed E-state index contributed by atoms with van der Waals surface area (Å²) in [5.41, 5.74) is -0.799. The molecule has 3 saturated heterocycles. The number of sulfonamides is 1. The normalized spacial score (nSPS) is 18.4. The number of nitrogens with zero attached hydrogens (tertiary/aromatic N) is 6. The van der Waals surface area contributed by atoms with Crippen molar-refractivity contribution >= 4 is 83.7 Å². The van der Waals surface area contributed by atoms with Crippen LogP contribution < -0.4 is 25.2 Å². The van der Waals surface area contributed by atoms with E-state index in [4.69, 9.17) is 11.6 Å². The van der Waals surface area contributed by atoms with Gasteiger partial charge in [-0.05, 0) is 109 Å². The number of imide groups is 1. The number of piperazine rings is 2. The van der Waals surface area contributed by atoms with Crippen LogP contribution in [0.2, 0.25) is 5.02 Å². The standard InChI is InChI=1S/C57H64ClF4N9O7S3/c1-56(2)21-18-47(39-8-12-42(58)13-9-39)41(33-56)36-68-28-30-70(31-29-68)44-14-10-40(11-15-44)54(73)66-81(77,78)46-16-17-50(52(32-46)80(75,76)57(60,61)62)64-43(38-79-45-6-4-3-5-7-45)19-22-67-24-26-69(27-25-67)37-48-49(59)34-63-35-51(48)71-23-20-53(72)65-55(71)74/h3-17,32,34-35,43,64H,18-31,33,36-38H2,1-2H3,(H,66,73)(H,65,72,74)/t43-/m1/s1. The van der Waals surface area contributed by atoms with Crippen LogP contribution in [-0.4, -0.2) is 144 Å². The van der Waals surface area contributed by atoms with E-state index in [1.807, 2.05) is 52.1 Å². The van der Waals surface area contributed by atoms with Crippen molar-refractivity contribution in [2.24, 2.45) is 5.41 Å². The molecule has 3 N–H and O–H groups in total. The number of anilines is 3. The number of sulfone groups is 1. The topological polar surface area (TPSA) is 185 Å². The second-order valence-electron chi connectivity index (χ2n) is 21.5. The molecule has 81 heavy (non-hydrogen) atoms. The Balaban J connectivity index is 0.843. The van der Waals surface area contributed by atoms with Crippen LogP contribution in [0.5, 0.6) is 0 Å². The number of urea groups is 1. The summed E-state index contributed by atoms with van der Waals surface area (Å²) in [5.74, 6) is -1.83. The van der Waals surface area contributed by atoms with Crippen LogP contribution >= 0.6 is 23.4 Å². The van der Waals surface area contributed by atoms with Gasteiger partial charge in [-0.15, -0.1) is 11.8 Å². The van der Waals surface area contributed by atoms with Crippen LogP contribution in [0.1, 0.15) is 67.4 Å². The number of benzene rings is 4. The Labute approximate surface area is 479 Å². The van der Waals surface area contributed by atoms with Crippen LogP contribution in [0.3, 0.4) is 0 Å². The zero-order valence-corrected chi connectivity index (χ0v) is 48.1. The average molecular weight is 1190 g/mol. The predicted octanol–water partition coefficient (Wildman–Crippen LogP) is 9.30. The third-order valence-electron chi connectivity index (χ3n) is 15.3. The summed E-state index contributed by atoms with van der Waals surface area (Å²) in [7, 11) is -11.1. The molecule has 24 heteroatoms. The van der Waals surface area contributed by atoms with E-state index in [2.05, 4.69) is 56.3 Å². The van der Waals surface area contributed by atoms with Crippen molar-refractivity contribution in [1.82, 2.24) is 29.7 Å². The van der Waals surface area contributed by atoms with Crippen molar-refractivity contribution in [3.63, 3.8) is 0 Å². The first-order chi connectivity index (χ1) is 38.5. The van der Waals surface area contributed by atoms with Gasteiger partial charge in [-0.2, -0.15) is 13.2 Å². The maximum Gasteiger partial charge on any atom is 0.501 e. The SMILES string of the molecule is CC1(C)CCC(c2ccc(Cl)cc2)=C(CN2CCN(c3ccc(C(=O)NS(=O)(=O)c4ccc(N[C@H](CCN5CCN(Cc6c(F)cncc6N6CCC(=O)NC6=O)CC5)CSc5ccccc5)c(S(=O)(=O)C(F)(F)F)c4)cc3)CC2)C1. The number of carbonyl (C=O) groups is 3. The van der Waals surface area contributed by atoms with E-state index in [0.717, 1.165) is 67.8 Å². The second-order valence-corrected chi connectivity index (χ2v) is 26.6. The second kappa shape index (κ2) is 25.2. The molecule has 3 aliphatic heterocycles. The molecule has 0 spiro atoms. The third-order valence-corrected chi connectivity index (χ3v) is 19.5. The number of thioether (sulfide) groups is 1. The van der Waals surface area contributed by atoms with Gasteiger partial charge in [-0.1, -0.05) is 61.4 Å². The number of pyridine rings is 1. The van der Waals surface area contributed by atoms with Crippen molar-refractivity contribution in [1.29, 1.82) is 0 Å². The molecule has 5 aromatic rings. The molecule has 16 nitrogen and oxygen atoms in total. The van der Waals surface area contributed by atoms with E-state index >= 15 is 4.39 Å². The van der Waals surface area contributed by atoms with Crippen molar-refractivity contribution in [2.75, 3.05) is 92.9 Å². The highest BCUT2D eigenvalue weighted by molar-refractivity contribution is 7.99. The van der Waals surface area contributed by atoms with Crippen molar-refractivity contribution < 1.29 is 48.8 Å². The monoisotopic (exact) mass is 1190 g/mol. The number of hydrogen-bond donors (Lipinski definition) is 3. The maximum absolute atomic E-state index is 15.3. The molecule has 1 aromatic heterocycles. The lowest BCUT2D eigenvalue weighted by atomic mass is 9.73. The highest BCUT2D eigenvalue weighted by atomic mass is 35.5. The highest BCUT2D eigenvalue weighted by Crippen LogP contribution is 2.43. The average Bonchev–Trinajstić information content (AvgIpc) is 3.43. The van der Waals surface area contributed by atoms with E-state index in [0.29, 0.717) is 63.3 Å². The minimum atomic E-state index is -6.16. The molecule has 0 unspecified atom stereocenters. The minimum absolute atomic E-state index is 0.0381. The molecule has 9 rings (SSSR count). The molecule has 1 aliphatic carbocycles. The van der Waals surface area contributed by atoms with Gasteiger partial charge in [-0.25, -0.2) is 30.7 Å². The van der Waals surface area contributed by atoms with Crippen LogP contribution in [0.4, 0.5) is 39.4 Å². The molecule has 3 fully saturated rings. The van der Waals surface area contributed by atoms with Gasteiger partial charge in [0.15, 0.2) is 0 Å². The molecule has 4 aliphatic rings. The van der Waals surface area contributed by atoms with Gasteiger partial charge in [0, 0.05) is 123 Å². The lowest BCUT2D eigenvalue weighted by Crippen LogP contribution is -2.50. The Bertz CT molecular complexity index is 3360. The minimum Gasteiger partial charge on any atom is -0.380 e. The molecular formula is C57H64ClF4N9O7S3. The lowest BCUT2D eigenvalue weighted by Gasteiger charge is -2.39. The Hall–Kier alpha value is -6.08. The van der Waals surface area contributed by atoms with Gasteiger partial charge in [0.1, 0.15) is 10.7 Å². The quantitative estimate of drug-likeness (QED) is 0.0525. The zero-order chi connectivity index (χ0) is 57.7. The summed E-state index contributed by atoms with van der Waals surface area (Å²) in [6.07, 6.45) is 5.91. The van der Waals surface area contributed by atoms with Gasteiger partial charge >= 0.3 is 11.5 Å². The number of amides is 4. The van der Waals surface area contributed by atoms with E-state index < -0.39 is 70.6 Å². The summed E-state index contributed by atoms with van der Waals surface area (Å²) < 4.78 is 115. The molecular weight excluding hydrogens is 1130 g/mol. The van der Waals surface area contributed by atoms with E-state index in [-0.39, 0.29) is 47.5 Å². The summed E-state index contributed by atoms with van der Waals surface area (Å²) in [4.78, 5) is 50.6. The molecule has 4 amide bonds. The van der Waals surface area contributed by atoms with E-state index in [1.165, 1.54) is 51.7 Å². The highest BCUT2D eigenvalue weighted by Gasteiger charge is 2.48. The van der Waals surface area contributed by atoms with E-state index in [9.17, 15) is 44.4 Å². The number of carbonyl (C=O) groups excluding carboxylic acids is 3. The number of hydrogen-bond acceptors (Lipinski definition) is 14. The van der Waals surface area contributed by atoms with Gasteiger partial charge < -0.3 is 15.1 Å². The predicted molar refractivity (Wildman–Crippen MR) is 306 cm³/mol. The van der Waals surface area contributed by atoms with Crippen LogP contribution in [-0.2, 0) is 31.2 Å². The molecule has 0 bridgehead atoms. The molecule has 0 radical (unpaired) electrons. The van der Waals surface area contributed by atoms with E-state index in [1.54, 1.807) is 12.1 Å². The van der Waals surface area contributed by atoms with Crippen LogP contribution in [0.15, 0.2) is 130 Å². The molecule has 1 atom stereocenters. The summed E-state index contributed by atoms with van der Waals surface area (Å²) >= 11 is 7.60. The van der Waals surface area contributed by atoms with Crippen molar-refractivity contribution in [3.05, 3.63) is 143 Å². The first kappa shape index (κ1) is 59.5. The molecule has 432 valence electrons. The molecule has 4 aromatic carbocycles. The van der Waals surface area contributed by atoms with Gasteiger partial charge in [0.05, 0.1) is 28.7 Å². The van der Waals surface area contributed by atoms with Gasteiger partial charge in [-0.3, -0.25) is 34.6 Å². The summed E-state index contributed by atoms with van der Waals surface area (Å²) in [6.45, 7) is 11.1. The largest absolute Gasteiger partial charge is 0.501 e. The Morgan fingerprint density at radius 3 is 2.16 bits per heavy atom. The number of rotatable bonds is 19. The van der Waals surface area contributed by atoms with Gasteiger partial charge in [0.25, 0.3) is 25.8 Å². The summed E-state index contributed by atoms with van der Waals surface area (Å²) in [5, 5.41) is 5.95. The fraction of sp³-hybridized carbons (Fsp3) is 0.404. The first-order valence-electron chi connectivity index (χ1n) is 26.7. The lowest BCUT2D eigenvalue weighted by molar-refractivity contribution is -0.120. The number of alkyl halides is 3. The summed E-state index contributed by atoms with van der Waals surface area (Å²) in [6, 6.07) is 24.6. The maximum atomic E-state index is 15.3. The Kier molecular flexibility index (Phi) is 18.5. The fourth-order valence-corrected chi connectivity index (χ4v) is 13.8. The zero-order valence-electron chi connectivity index (χ0n) is 44.9. The smallest absolute Gasteiger partial charge is 0.380 e. The first-order valence-corrected chi connectivity index (χ1v) is 31.0. The number of aromatic nitrogens is 1. The van der Waals surface area contributed by atoms with Gasteiger partial charge in [0.2, 0.25) is 5.91 Å². The molecule has 0 saturated carbocycles. The fourth-order valence-electron chi connectivity index (χ4n) is 10.7. The van der Waals surface area contributed by atoms with Crippen LogP contribution in [0.25, 0.3) is 5.57 Å². The number of halogens is 5. The third kappa shape index (κ3) is 14.8. The van der Waals surface area contributed by atoms with Crippen molar-refractivity contribution in [2.45, 2.75) is 78.7 Å². The number of allylic oxidation sites excluding steroid dienone is 1. The van der Waals surface area contributed by atoms with Crippen molar-refractivity contribution in [3.8, 4) is 0 Å². The Morgan fingerprint density at radius 2 is 1.48 bits per heavy atom.